The number of benzene rings is 1. The number of carboxylic acid groups (broad SMARTS) is 1. The van der Waals surface area contributed by atoms with E-state index in [1.54, 1.807) is 23.6 Å². The van der Waals surface area contributed by atoms with Crippen molar-refractivity contribution in [3.05, 3.63) is 56.3 Å². The van der Waals surface area contributed by atoms with Crippen molar-refractivity contribution in [2.24, 2.45) is 0 Å². The second kappa shape index (κ2) is 6.02. The zero-order valence-corrected chi connectivity index (χ0v) is 11.3. The van der Waals surface area contributed by atoms with Gasteiger partial charge < -0.3 is 10.4 Å². The van der Waals surface area contributed by atoms with Crippen LogP contribution in [0.1, 0.15) is 16.5 Å². The van der Waals surface area contributed by atoms with Crippen LogP contribution >= 0.6 is 11.3 Å². The molecule has 0 spiro atoms. The van der Waals surface area contributed by atoms with Crippen molar-refractivity contribution in [2.45, 2.75) is 6.04 Å². The second-order valence-electron chi connectivity index (χ2n) is 4.03. The largest absolute Gasteiger partial charge is 0.479 e. The summed E-state index contributed by atoms with van der Waals surface area (Å²) in [6.07, 6.45) is 0. The van der Waals surface area contributed by atoms with Gasteiger partial charge in [0.05, 0.1) is 4.92 Å². The van der Waals surface area contributed by atoms with E-state index in [1.165, 1.54) is 29.5 Å². The molecule has 1 aromatic heterocycles. The number of hydrogen-bond acceptors (Lipinski definition) is 6. The first-order valence-corrected chi connectivity index (χ1v) is 6.62. The quantitative estimate of drug-likeness (QED) is 0.648. The first-order chi connectivity index (χ1) is 10.0. The monoisotopic (exact) mass is 303 g/mol. The molecule has 0 radical (unpaired) electrons. The lowest BCUT2D eigenvalue weighted by Crippen LogP contribution is -2.19. The molecule has 2 aromatic rings. The first-order valence-electron chi connectivity index (χ1n) is 5.74. The fourth-order valence-electron chi connectivity index (χ4n) is 1.75. The summed E-state index contributed by atoms with van der Waals surface area (Å²) in [5.74, 6) is -1.07. The minimum Gasteiger partial charge on any atom is -0.479 e. The van der Waals surface area contributed by atoms with Crippen LogP contribution in [0.3, 0.4) is 0 Å². The lowest BCUT2D eigenvalue weighted by molar-refractivity contribution is -0.385. The van der Waals surface area contributed by atoms with Gasteiger partial charge in [-0.05, 0) is 23.6 Å². The van der Waals surface area contributed by atoms with Crippen LogP contribution in [-0.4, -0.2) is 16.0 Å². The molecule has 0 bridgehead atoms. The van der Waals surface area contributed by atoms with Crippen LogP contribution in [0, 0.1) is 21.4 Å². The van der Waals surface area contributed by atoms with Crippen LogP contribution in [0.2, 0.25) is 0 Å². The van der Waals surface area contributed by atoms with E-state index in [1.807, 2.05) is 0 Å². The summed E-state index contributed by atoms with van der Waals surface area (Å²) in [6.45, 7) is 0. The number of carbonyl (C=O) groups is 1. The van der Waals surface area contributed by atoms with Crippen molar-refractivity contribution >= 4 is 28.7 Å². The minimum absolute atomic E-state index is 0.125. The predicted octanol–water partition coefficient (Wildman–Crippen LogP) is 2.77. The molecule has 2 rings (SSSR count). The number of anilines is 1. The average Bonchev–Trinajstić information content (AvgIpc) is 2.97. The minimum atomic E-state index is -1.07. The van der Waals surface area contributed by atoms with Crippen LogP contribution in [-0.2, 0) is 4.79 Å². The van der Waals surface area contributed by atoms with E-state index in [2.05, 4.69) is 5.32 Å². The topological polar surface area (TPSA) is 116 Å². The van der Waals surface area contributed by atoms with Crippen molar-refractivity contribution in [3.63, 3.8) is 0 Å². The van der Waals surface area contributed by atoms with Crippen molar-refractivity contribution < 1.29 is 14.8 Å². The fourth-order valence-corrected chi connectivity index (χ4v) is 2.52. The van der Waals surface area contributed by atoms with Crippen molar-refractivity contribution in [2.75, 3.05) is 5.32 Å². The number of carboxylic acids is 1. The average molecular weight is 303 g/mol. The summed E-state index contributed by atoms with van der Waals surface area (Å²) in [5, 5.41) is 33.4. The number of nitro benzene ring substituents is 1. The van der Waals surface area contributed by atoms with E-state index < -0.39 is 16.9 Å². The number of nitrogens with one attached hydrogen (secondary N) is 1. The Morgan fingerprint density at radius 2 is 2.24 bits per heavy atom. The van der Waals surface area contributed by atoms with E-state index in [4.69, 9.17) is 5.26 Å². The number of hydrogen-bond donors (Lipinski definition) is 2. The Hall–Kier alpha value is -2.92. The normalized spacial score (nSPS) is 11.4. The molecule has 1 atom stereocenters. The van der Waals surface area contributed by atoms with Crippen LogP contribution in [0.15, 0.2) is 35.7 Å². The van der Waals surface area contributed by atoms with Crippen molar-refractivity contribution in [3.8, 4) is 6.07 Å². The summed E-state index contributed by atoms with van der Waals surface area (Å²) in [6, 6.07) is 7.98. The number of rotatable bonds is 5. The predicted molar refractivity (Wildman–Crippen MR) is 76.1 cm³/mol. The highest BCUT2D eigenvalue weighted by Crippen LogP contribution is 2.27. The van der Waals surface area contributed by atoms with E-state index in [0.29, 0.717) is 10.6 Å². The molecule has 21 heavy (non-hydrogen) atoms. The first kappa shape index (κ1) is 14.5. The third kappa shape index (κ3) is 3.16. The number of thiophene rings is 1. The van der Waals surface area contributed by atoms with Gasteiger partial charge in [0.15, 0.2) is 6.04 Å². The van der Waals surface area contributed by atoms with Crippen LogP contribution in [0.5, 0.6) is 0 Å². The van der Waals surface area contributed by atoms with Crippen molar-refractivity contribution in [1.82, 2.24) is 0 Å². The highest BCUT2D eigenvalue weighted by molar-refractivity contribution is 7.10. The van der Waals surface area contributed by atoms with Gasteiger partial charge in [-0.3, -0.25) is 10.1 Å². The Bertz CT molecular complexity index is 722. The third-order valence-corrected chi connectivity index (χ3v) is 3.64. The van der Waals surface area contributed by atoms with Gasteiger partial charge in [-0.1, -0.05) is 6.07 Å². The lowest BCUT2D eigenvalue weighted by Gasteiger charge is -2.14. The SMILES string of the molecule is N#Cc1cc(NC(C(=O)O)c2cccs2)ccc1[N+](=O)[O-]. The summed E-state index contributed by atoms with van der Waals surface area (Å²) in [5.41, 5.74) is -0.107. The van der Waals surface area contributed by atoms with Gasteiger partial charge >= 0.3 is 5.97 Å². The van der Waals surface area contributed by atoms with Crippen LogP contribution in [0.25, 0.3) is 0 Å². The van der Waals surface area contributed by atoms with Gasteiger partial charge in [0.2, 0.25) is 0 Å². The molecule has 1 heterocycles. The molecule has 106 valence electrons. The molecule has 0 aliphatic rings. The number of nitrogens with zero attached hydrogens (tertiary/aromatic N) is 2. The lowest BCUT2D eigenvalue weighted by atomic mass is 10.1. The molecule has 7 nitrogen and oxygen atoms in total. The Kier molecular flexibility index (Phi) is 4.15. The maximum Gasteiger partial charge on any atom is 0.331 e. The molecule has 1 unspecified atom stereocenters. The molecule has 0 saturated carbocycles. The Morgan fingerprint density at radius 1 is 1.48 bits per heavy atom. The fraction of sp³-hybridized carbons (Fsp3) is 0.0769. The van der Waals surface area contributed by atoms with Crippen LogP contribution < -0.4 is 5.32 Å². The van der Waals surface area contributed by atoms with E-state index in [-0.39, 0.29) is 11.3 Å². The molecule has 2 N–H and O–H groups in total. The Balaban J connectivity index is 2.32. The van der Waals surface area contributed by atoms with E-state index in [9.17, 15) is 20.0 Å². The molecule has 0 amide bonds. The van der Waals surface area contributed by atoms with Crippen LogP contribution in [0.4, 0.5) is 11.4 Å². The highest BCUT2D eigenvalue weighted by atomic mass is 32.1. The van der Waals surface area contributed by atoms with Gasteiger partial charge in [0.25, 0.3) is 5.69 Å². The summed E-state index contributed by atoms with van der Waals surface area (Å²) < 4.78 is 0. The maximum absolute atomic E-state index is 11.3. The molecule has 8 heteroatoms. The second-order valence-corrected chi connectivity index (χ2v) is 5.01. The Labute approximate surface area is 123 Å². The van der Waals surface area contributed by atoms with Gasteiger partial charge in [-0.25, -0.2) is 4.79 Å². The maximum atomic E-state index is 11.3. The molecule has 0 aliphatic heterocycles. The molecule has 0 fully saturated rings. The molecular weight excluding hydrogens is 294 g/mol. The third-order valence-electron chi connectivity index (χ3n) is 2.70. The van der Waals surface area contributed by atoms with Gasteiger partial charge in [-0.2, -0.15) is 5.26 Å². The number of nitro groups is 1. The zero-order chi connectivity index (χ0) is 15.4. The summed E-state index contributed by atoms with van der Waals surface area (Å²) >= 11 is 1.28. The summed E-state index contributed by atoms with van der Waals surface area (Å²) in [4.78, 5) is 22.0. The smallest absolute Gasteiger partial charge is 0.331 e. The van der Waals surface area contributed by atoms with E-state index >= 15 is 0 Å². The van der Waals surface area contributed by atoms with Gasteiger partial charge in [-0.15, -0.1) is 11.3 Å². The summed E-state index contributed by atoms with van der Waals surface area (Å²) in [7, 11) is 0. The molecule has 0 aliphatic carbocycles. The molecule has 1 aromatic carbocycles. The Morgan fingerprint density at radius 3 is 2.76 bits per heavy atom. The number of aliphatic carboxylic acids is 1. The highest BCUT2D eigenvalue weighted by Gasteiger charge is 2.22. The van der Waals surface area contributed by atoms with Gasteiger partial charge in [0, 0.05) is 16.6 Å². The molecule has 0 saturated heterocycles. The van der Waals surface area contributed by atoms with E-state index in [0.717, 1.165) is 0 Å². The standard InChI is InChI=1S/C13H9N3O4S/c14-7-8-6-9(3-4-10(8)16(19)20)15-12(13(17)18)11-2-1-5-21-11/h1-6,12,15H,(H,17,18). The van der Waals surface area contributed by atoms with Gasteiger partial charge in [0.1, 0.15) is 11.6 Å². The molecular formula is C13H9N3O4S. The number of nitriles is 1. The zero-order valence-electron chi connectivity index (χ0n) is 10.5. The van der Waals surface area contributed by atoms with Crippen molar-refractivity contribution in [1.29, 1.82) is 5.26 Å².